The highest BCUT2D eigenvalue weighted by Gasteiger charge is 2.12. The van der Waals surface area contributed by atoms with E-state index >= 15 is 0 Å². The second-order valence-corrected chi connectivity index (χ2v) is 4.25. The number of rotatable bonds is 2. The first-order valence-corrected chi connectivity index (χ1v) is 4.90. The van der Waals surface area contributed by atoms with E-state index in [2.05, 4.69) is 0 Å². The predicted molar refractivity (Wildman–Crippen MR) is 66.5 cm³/mol. The number of hydrogen-bond donors (Lipinski definition) is 2. The summed E-state index contributed by atoms with van der Waals surface area (Å²) in [5.74, 6) is 3.71. The minimum absolute atomic E-state index is 0.0560. The summed E-state index contributed by atoms with van der Waals surface area (Å²) in [6.07, 6.45) is 0. The molecule has 4 nitrogen and oxygen atoms in total. The average molecular weight is 250 g/mol. The van der Waals surface area contributed by atoms with Crippen LogP contribution in [-0.4, -0.2) is 20.1 Å². The Morgan fingerprint density at radius 2 is 1.27 bits per heavy atom. The first-order valence-electron chi connectivity index (χ1n) is 3.26. The molecule has 0 aromatic rings. The van der Waals surface area contributed by atoms with E-state index in [0.717, 1.165) is 11.8 Å². The topological polar surface area (TPSA) is 95.3 Å². The number of hydrogen-bond acceptors (Lipinski definition) is 7. The molecule has 0 aromatic heterocycles. The number of nitriles is 2. The van der Waals surface area contributed by atoms with Crippen LogP contribution in [0.2, 0.25) is 0 Å². The standard InChI is InChI=1S/C8H2N4S3/c9-1-5(2-10)7(13)15-8(14)6(3-11)4-12/h9,11H. The van der Waals surface area contributed by atoms with E-state index < -0.39 is 0 Å². The Morgan fingerprint density at radius 3 is 1.47 bits per heavy atom. The number of thioether (sulfide) groups is 1. The molecule has 0 fully saturated rings. The molecule has 0 atom stereocenters. The molecule has 0 saturated heterocycles. The van der Waals surface area contributed by atoms with Crippen LogP contribution >= 0.6 is 36.2 Å². The lowest BCUT2D eigenvalue weighted by atomic mass is 10.4. The van der Waals surface area contributed by atoms with Crippen molar-refractivity contribution in [1.29, 1.82) is 21.3 Å². The van der Waals surface area contributed by atoms with Crippen LogP contribution in [0.25, 0.3) is 0 Å². The van der Waals surface area contributed by atoms with Gasteiger partial charge in [0.1, 0.15) is 31.7 Å². The van der Waals surface area contributed by atoms with Crippen molar-refractivity contribution in [3.8, 4) is 12.1 Å². The van der Waals surface area contributed by atoms with E-state index in [1.165, 1.54) is 0 Å². The molecule has 7 heteroatoms. The largest absolute Gasteiger partial charge is 0.258 e. The minimum Gasteiger partial charge on any atom is -0.258 e. The summed E-state index contributed by atoms with van der Waals surface area (Å²) in [5, 5.41) is 30.6. The van der Waals surface area contributed by atoms with Crippen LogP contribution < -0.4 is 0 Å². The van der Waals surface area contributed by atoms with Crippen molar-refractivity contribution in [2.45, 2.75) is 0 Å². The first-order chi connectivity index (χ1) is 7.10. The quantitative estimate of drug-likeness (QED) is 0.337. The summed E-state index contributed by atoms with van der Waals surface area (Å²) in [7, 11) is 0. The normalized spacial score (nSPS) is 7.33. The third-order valence-corrected chi connectivity index (χ3v) is 2.75. The molecule has 0 rings (SSSR count). The monoisotopic (exact) mass is 250 g/mol. The van der Waals surface area contributed by atoms with Crippen molar-refractivity contribution in [3.63, 3.8) is 0 Å². The van der Waals surface area contributed by atoms with Crippen molar-refractivity contribution in [1.82, 2.24) is 0 Å². The van der Waals surface area contributed by atoms with Gasteiger partial charge in [0.05, 0.1) is 0 Å². The molecule has 15 heavy (non-hydrogen) atoms. The van der Waals surface area contributed by atoms with Crippen LogP contribution in [0.4, 0.5) is 0 Å². The summed E-state index contributed by atoms with van der Waals surface area (Å²) in [6.45, 7) is 0. The van der Waals surface area contributed by atoms with Crippen LogP contribution in [0.5, 0.6) is 0 Å². The van der Waals surface area contributed by atoms with Crippen LogP contribution in [-0.2, 0) is 0 Å². The molecule has 72 valence electrons. The summed E-state index contributed by atoms with van der Waals surface area (Å²) in [4.78, 5) is 0. The van der Waals surface area contributed by atoms with Gasteiger partial charge in [-0.25, -0.2) is 0 Å². The lowest BCUT2D eigenvalue weighted by Gasteiger charge is -1.98. The van der Waals surface area contributed by atoms with Gasteiger partial charge < -0.3 is 0 Å². The number of thiocarbonyl (C=S) groups is 2. The SMILES string of the molecule is N#CC(=C=N)C(=S)SC(=S)C(=C=N)C#N. The van der Waals surface area contributed by atoms with Crippen molar-refractivity contribution in [3.05, 3.63) is 11.1 Å². The second-order valence-electron chi connectivity index (χ2n) is 1.90. The number of nitrogens with one attached hydrogen (secondary N) is 2. The molecule has 0 aliphatic heterocycles. The zero-order valence-electron chi connectivity index (χ0n) is 7.12. The smallest absolute Gasteiger partial charge is 0.137 e. The fraction of sp³-hybridized carbons (Fsp3) is 0. The molecule has 0 aliphatic rings. The highest BCUT2D eigenvalue weighted by molar-refractivity contribution is 8.39. The lowest BCUT2D eigenvalue weighted by molar-refractivity contribution is 1.52. The fourth-order valence-corrected chi connectivity index (χ4v) is 1.85. The maximum atomic E-state index is 8.52. The van der Waals surface area contributed by atoms with E-state index in [-0.39, 0.29) is 19.5 Å². The number of nitrogens with zero attached hydrogens (tertiary/aromatic N) is 2. The van der Waals surface area contributed by atoms with Gasteiger partial charge in [-0.05, 0) is 11.7 Å². The zero-order valence-corrected chi connectivity index (χ0v) is 9.57. The van der Waals surface area contributed by atoms with Crippen molar-refractivity contribution >= 4 is 56.3 Å². The Morgan fingerprint density at radius 1 is 0.933 bits per heavy atom. The Hall–Kier alpha value is -1.59. The molecular formula is C8H2N4S3. The van der Waals surface area contributed by atoms with E-state index in [4.69, 9.17) is 45.8 Å². The fourth-order valence-electron chi connectivity index (χ4n) is 0.436. The van der Waals surface area contributed by atoms with Crippen LogP contribution in [0, 0.1) is 33.5 Å². The molecule has 0 radical (unpaired) electrons. The molecular weight excluding hydrogens is 248 g/mol. The maximum Gasteiger partial charge on any atom is 0.137 e. The summed E-state index contributed by atoms with van der Waals surface area (Å²) in [6, 6.07) is 3.34. The van der Waals surface area contributed by atoms with Crippen LogP contribution in [0.3, 0.4) is 0 Å². The third kappa shape index (κ3) is 3.97. The van der Waals surface area contributed by atoms with Gasteiger partial charge in [0.2, 0.25) is 0 Å². The lowest BCUT2D eigenvalue weighted by Crippen LogP contribution is -2.00. The summed E-state index contributed by atoms with van der Waals surface area (Å²) < 4.78 is 0.112. The van der Waals surface area contributed by atoms with E-state index in [9.17, 15) is 0 Å². The van der Waals surface area contributed by atoms with Gasteiger partial charge in [-0.15, -0.1) is 0 Å². The van der Waals surface area contributed by atoms with E-state index in [1.54, 1.807) is 12.1 Å². The van der Waals surface area contributed by atoms with Crippen molar-refractivity contribution in [2.24, 2.45) is 0 Å². The summed E-state index contributed by atoms with van der Waals surface area (Å²) in [5.41, 5.74) is -0.251. The van der Waals surface area contributed by atoms with Crippen molar-refractivity contribution in [2.75, 3.05) is 0 Å². The van der Waals surface area contributed by atoms with Gasteiger partial charge in [-0.2, -0.15) is 10.5 Å². The predicted octanol–water partition coefficient (Wildman–Crippen LogP) is 1.77. The summed E-state index contributed by atoms with van der Waals surface area (Å²) >= 11 is 10.4. The Bertz CT molecular complexity index is 447. The molecule has 0 bridgehead atoms. The van der Waals surface area contributed by atoms with E-state index in [1.807, 2.05) is 11.7 Å². The van der Waals surface area contributed by atoms with E-state index in [0.29, 0.717) is 0 Å². The van der Waals surface area contributed by atoms with Gasteiger partial charge in [-0.3, -0.25) is 10.8 Å². The molecule has 0 heterocycles. The van der Waals surface area contributed by atoms with Gasteiger partial charge >= 0.3 is 0 Å². The second kappa shape index (κ2) is 6.80. The van der Waals surface area contributed by atoms with Gasteiger partial charge in [0, 0.05) is 0 Å². The van der Waals surface area contributed by atoms with Crippen LogP contribution in [0.15, 0.2) is 11.1 Å². The molecule has 0 amide bonds. The Labute approximate surface area is 101 Å². The maximum absolute atomic E-state index is 8.52. The molecule has 0 saturated carbocycles. The molecule has 0 unspecified atom stereocenters. The first kappa shape index (κ1) is 13.4. The zero-order chi connectivity index (χ0) is 11.8. The van der Waals surface area contributed by atoms with Crippen LogP contribution in [0.1, 0.15) is 0 Å². The third-order valence-electron chi connectivity index (χ3n) is 1.07. The Kier molecular flexibility index (Phi) is 6.08. The highest BCUT2D eigenvalue weighted by atomic mass is 32.2. The van der Waals surface area contributed by atoms with Gasteiger partial charge in [0.25, 0.3) is 0 Å². The van der Waals surface area contributed by atoms with Gasteiger partial charge in [-0.1, -0.05) is 36.2 Å². The van der Waals surface area contributed by atoms with Crippen molar-refractivity contribution < 1.29 is 0 Å². The molecule has 2 N–H and O–H groups in total. The average Bonchev–Trinajstić information content (AvgIpc) is 2.21. The highest BCUT2D eigenvalue weighted by Crippen LogP contribution is 2.17. The molecule has 0 aliphatic carbocycles. The molecule has 0 spiro atoms. The minimum atomic E-state index is -0.125. The molecule has 0 aromatic carbocycles. The van der Waals surface area contributed by atoms with Gasteiger partial charge in [0.15, 0.2) is 0 Å². The Balaban J connectivity index is 4.83.